The molecule has 41 heavy (non-hydrogen) atoms. The van der Waals surface area contributed by atoms with Gasteiger partial charge < -0.3 is 25.2 Å². The molecule has 3 N–H and O–H groups in total. The maximum Gasteiger partial charge on any atom is 0.259 e. The second kappa shape index (κ2) is 12.0. The number of phenolic OH excluding ortho intramolecular Hbond substituents is 1. The van der Waals surface area contributed by atoms with Gasteiger partial charge in [-0.1, -0.05) is 54.6 Å². The zero-order chi connectivity index (χ0) is 28.8. The zero-order valence-electron chi connectivity index (χ0n) is 22.3. The highest BCUT2D eigenvalue weighted by Gasteiger charge is 2.20. The number of para-hydroxylation sites is 3. The molecule has 0 heterocycles. The first-order valence-corrected chi connectivity index (χ1v) is 12.6. The number of ether oxygens (including phenoxy) is 2. The number of aromatic hydroxyl groups is 1. The van der Waals surface area contributed by atoms with E-state index in [1.807, 2.05) is 30.3 Å². The Morgan fingerprint density at radius 1 is 0.707 bits per heavy atom. The fourth-order valence-electron chi connectivity index (χ4n) is 4.27. The van der Waals surface area contributed by atoms with Crippen LogP contribution in [0, 0.1) is 0 Å². The van der Waals surface area contributed by atoms with Crippen LogP contribution in [0.4, 0.5) is 22.7 Å². The Morgan fingerprint density at radius 2 is 1.41 bits per heavy atom. The third-order valence-electron chi connectivity index (χ3n) is 6.33. The van der Waals surface area contributed by atoms with Gasteiger partial charge in [0.15, 0.2) is 5.75 Å². The van der Waals surface area contributed by atoms with Gasteiger partial charge in [-0.25, -0.2) is 0 Å². The van der Waals surface area contributed by atoms with Crippen LogP contribution in [0.1, 0.15) is 20.7 Å². The summed E-state index contributed by atoms with van der Waals surface area (Å²) >= 11 is 0. The van der Waals surface area contributed by atoms with Crippen LogP contribution in [0.25, 0.3) is 10.8 Å². The summed E-state index contributed by atoms with van der Waals surface area (Å²) in [4.78, 5) is 26.1. The maximum absolute atomic E-state index is 13.3. The number of fused-ring (bicyclic) bond motifs is 1. The molecule has 0 bridgehead atoms. The molecule has 5 rings (SSSR count). The number of carbonyl (C=O) groups is 2. The molecule has 0 saturated carbocycles. The van der Waals surface area contributed by atoms with Gasteiger partial charge >= 0.3 is 0 Å². The molecular formula is C32H26N4O5. The Labute approximate surface area is 236 Å². The van der Waals surface area contributed by atoms with Crippen LogP contribution in [-0.4, -0.2) is 31.1 Å². The van der Waals surface area contributed by atoms with Crippen molar-refractivity contribution in [2.75, 3.05) is 24.9 Å². The van der Waals surface area contributed by atoms with Gasteiger partial charge in [0.05, 0.1) is 25.5 Å². The van der Waals surface area contributed by atoms with Crippen molar-refractivity contribution in [3.05, 3.63) is 114 Å². The van der Waals surface area contributed by atoms with E-state index in [9.17, 15) is 14.7 Å². The Balaban J connectivity index is 1.52. The summed E-state index contributed by atoms with van der Waals surface area (Å²) in [6, 6.07) is 29.6. The number of nitrogens with zero attached hydrogens (tertiary/aromatic N) is 2. The quantitative estimate of drug-likeness (QED) is 0.174. The average Bonchev–Trinajstić information content (AvgIpc) is 3.01. The number of phenols is 1. The third-order valence-corrected chi connectivity index (χ3v) is 6.33. The van der Waals surface area contributed by atoms with Crippen molar-refractivity contribution >= 4 is 45.3 Å². The van der Waals surface area contributed by atoms with Crippen LogP contribution in [-0.2, 0) is 0 Å². The highest BCUT2D eigenvalue weighted by atomic mass is 16.5. The molecule has 204 valence electrons. The Hall–Kier alpha value is -5.70. The molecule has 0 atom stereocenters. The van der Waals surface area contributed by atoms with Crippen LogP contribution in [0.2, 0.25) is 0 Å². The Bertz CT molecular complexity index is 1770. The number of anilines is 2. The van der Waals surface area contributed by atoms with Crippen molar-refractivity contribution in [3.8, 4) is 17.2 Å². The number of benzene rings is 5. The van der Waals surface area contributed by atoms with E-state index in [1.54, 1.807) is 66.7 Å². The summed E-state index contributed by atoms with van der Waals surface area (Å²) in [6.45, 7) is 0. The second-order valence-electron chi connectivity index (χ2n) is 8.90. The molecular weight excluding hydrogens is 520 g/mol. The topological polar surface area (TPSA) is 122 Å². The molecule has 9 nitrogen and oxygen atoms in total. The highest BCUT2D eigenvalue weighted by molar-refractivity contribution is 6.12. The number of rotatable bonds is 8. The largest absolute Gasteiger partial charge is 0.505 e. The minimum atomic E-state index is -0.550. The summed E-state index contributed by atoms with van der Waals surface area (Å²) in [5.41, 5.74) is 1.80. The minimum Gasteiger partial charge on any atom is -0.505 e. The summed E-state index contributed by atoms with van der Waals surface area (Å²) < 4.78 is 10.8. The predicted molar refractivity (Wildman–Crippen MR) is 158 cm³/mol. The van der Waals surface area contributed by atoms with Crippen molar-refractivity contribution in [2.45, 2.75) is 0 Å². The minimum absolute atomic E-state index is 0.00603. The Morgan fingerprint density at radius 3 is 2.20 bits per heavy atom. The average molecular weight is 547 g/mol. The number of carbonyl (C=O) groups excluding carboxylic acids is 2. The molecule has 0 aliphatic rings. The van der Waals surface area contributed by atoms with Gasteiger partial charge in [0.1, 0.15) is 22.9 Å². The van der Waals surface area contributed by atoms with E-state index in [1.165, 1.54) is 20.3 Å². The molecule has 0 aromatic heterocycles. The van der Waals surface area contributed by atoms with Gasteiger partial charge in [0.2, 0.25) is 0 Å². The molecule has 0 aliphatic heterocycles. The third kappa shape index (κ3) is 5.84. The second-order valence-corrected chi connectivity index (χ2v) is 8.90. The molecule has 0 fully saturated rings. The molecule has 5 aromatic rings. The van der Waals surface area contributed by atoms with E-state index in [4.69, 9.17) is 9.47 Å². The van der Waals surface area contributed by atoms with Crippen LogP contribution in [0.15, 0.2) is 113 Å². The van der Waals surface area contributed by atoms with Crippen molar-refractivity contribution in [1.82, 2.24) is 0 Å². The molecule has 9 heteroatoms. The fraction of sp³-hybridized carbons (Fsp3) is 0.0625. The van der Waals surface area contributed by atoms with Gasteiger partial charge in [0.25, 0.3) is 11.8 Å². The van der Waals surface area contributed by atoms with Crippen molar-refractivity contribution < 1.29 is 24.2 Å². The molecule has 5 aromatic carbocycles. The van der Waals surface area contributed by atoms with E-state index in [0.29, 0.717) is 39.2 Å². The molecule has 0 saturated heterocycles. The van der Waals surface area contributed by atoms with Crippen LogP contribution < -0.4 is 20.1 Å². The first kappa shape index (κ1) is 26.9. The maximum atomic E-state index is 13.3. The number of methoxy groups -OCH3 is 2. The lowest BCUT2D eigenvalue weighted by Gasteiger charge is -2.13. The molecule has 2 amide bonds. The van der Waals surface area contributed by atoms with Gasteiger partial charge in [-0.2, -0.15) is 0 Å². The first-order chi connectivity index (χ1) is 20.0. The lowest BCUT2D eigenvalue weighted by atomic mass is 10.0. The van der Waals surface area contributed by atoms with Gasteiger partial charge in [-0.05, 0) is 53.9 Å². The smallest absolute Gasteiger partial charge is 0.259 e. The first-order valence-electron chi connectivity index (χ1n) is 12.6. The molecule has 0 unspecified atom stereocenters. The standard InChI is InChI=1S/C32H26N4O5/c1-40-27-15-9-8-14-25(27)34-32(39)24-18-20-10-6-7-13-23(20)29(30(24)37)36-35-26-19-21(16-17-28(26)41-2)31(38)33-22-11-4-3-5-12-22/h3-19,37H,1-2H3,(H,33,38)(H,34,39). The lowest BCUT2D eigenvalue weighted by molar-refractivity contribution is 0.101. The van der Waals surface area contributed by atoms with Crippen molar-refractivity contribution in [2.24, 2.45) is 10.2 Å². The van der Waals surface area contributed by atoms with Crippen LogP contribution in [0.5, 0.6) is 17.2 Å². The van der Waals surface area contributed by atoms with Crippen molar-refractivity contribution in [1.29, 1.82) is 0 Å². The van der Waals surface area contributed by atoms with E-state index in [0.717, 1.165) is 0 Å². The monoisotopic (exact) mass is 546 g/mol. The van der Waals surface area contributed by atoms with Gasteiger partial charge in [-0.15, -0.1) is 10.2 Å². The molecule has 0 aliphatic carbocycles. The zero-order valence-corrected chi connectivity index (χ0v) is 22.3. The number of hydrogen-bond donors (Lipinski definition) is 3. The normalized spacial score (nSPS) is 10.9. The van der Waals surface area contributed by atoms with E-state index in [2.05, 4.69) is 20.9 Å². The molecule has 0 radical (unpaired) electrons. The van der Waals surface area contributed by atoms with Gasteiger partial charge in [0, 0.05) is 16.6 Å². The lowest BCUT2D eigenvalue weighted by Crippen LogP contribution is -2.13. The van der Waals surface area contributed by atoms with E-state index >= 15 is 0 Å². The van der Waals surface area contributed by atoms with Crippen LogP contribution >= 0.6 is 0 Å². The number of hydrogen-bond acceptors (Lipinski definition) is 7. The SMILES string of the molecule is COc1ccc(C(=O)Nc2ccccc2)cc1N=Nc1c(O)c(C(=O)Nc2ccccc2OC)cc2ccccc12. The molecule has 0 spiro atoms. The summed E-state index contributed by atoms with van der Waals surface area (Å²) in [6.07, 6.45) is 0. The van der Waals surface area contributed by atoms with Gasteiger partial charge in [-0.3, -0.25) is 9.59 Å². The fourth-order valence-corrected chi connectivity index (χ4v) is 4.27. The summed E-state index contributed by atoms with van der Waals surface area (Å²) in [7, 11) is 2.99. The predicted octanol–water partition coefficient (Wildman–Crippen LogP) is 7.48. The number of amides is 2. The number of azo groups is 1. The van der Waals surface area contributed by atoms with Crippen molar-refractivity contribution in [3.63, 3.8) is 0 Å². The van der Waals surface area contributed by atoms with E-state index in [-0.39, 0.29) is 28.6 Å². The summed E-state index contributed by atoms with van der Waals surface area (Å²) in [5.74, 6) is -0.384. The highest BCUT2D eigenvalue weighted by Crippen LogP contribution is 2.41. The van der Waals surface area contributed by atoms with Crippen LogP contribution in [0.3, 0.4) is 0 Å². The van der Waals surface area contributed by atoms with E-state index < -0.39 is 5.91 Å². The number of nitrogens with one attached hydrogen (secondary N) is 2. The Kier molecular flexibility index (Phi) is 7.87. The summed E-state index contributed by atoms with van der Waals surface area (Å²) in [5, 5.41) is 26.8.